The van der Waals surface area contributed by atoms with Gasteiger partial charge in [0.05, 0.1) is 4.87 Å². The predicted octanol–water partition coefficient (Wildman–Crippen LogP) is 2.24. The molecule has 1 aromatic carbocycles. The molecular weight excluding hydrogens is 340 g/mol. The molecule has 0 saturated carbocycles. The second kappa shape index (κ2) is 6.71. The van der Waals surface area contributed by atoms with Crippen molar-refractivity contribution in [2.45, 2.75) is 44.5 Å². The van der Waals surface area contributed by atoms with Gasteiger partial charge in [0.1, 0.15) is 6.04 Å². The first-order valence-electron chi connectivity index (χ1n) is 8.30. The zero-order valence-corrected chi connectivity index (χ0v) is 15.4. The first kappa shape index (κ1) is 17.8. The number of carbonyl (C=O) groups is 3. The van der Waals surface area contributed by atoms with Gasteiger partial charge in [-0.2, -0.15) is 0 Å². The van der Waals surface area contributed by atoms with Gasteiger partial charge in [-0.05, 0) is 44.4 Å². The second-order valence-electron chi connectivity index (χ2n) is 6.67. The predicted molar refractivity (Wildman–Crippen MR) is 96.2 cm³/mol. The van der Waals surface area contributed by atoms with E-state index < -0.39 is 12.0 Å². The average molecular weight is 362 g/mol. The summed E-state index contributed by atoms with van der Waals surface area (Å²) >= 11 is 1.60. The Balaban J connectivity index is 1.56. The summed E-state index contributed by atoms with van der Waals surface area (Å²) in [6, 6.07) is 5.04. The van der Waals surface area contributed by atoms with E-state index in [1.165, 1.54) is 0 Å². The van der Waals surface area contributed by atoms with Crippen LogP contribution in [-0.2, 0) is 19.1 Å². The fourth-order valence-electron chi connectivity index (χ4n) is 3.30. The average Bonchev–Trinajstić information content (AvgIpc) is 3.06. The molecule has 0 aromatic heterocycles. The van der Waals surface area contributed by atoms with Gasteiger partial charge in [0, 0.05) is 17.9 Å². The third kappa shape index (κ3) is 3.38. The summed E-state index contributed by atoms with van der Waals surface area (Å²) in [7, 11) is 0. The standard InChI is InChI=1S/C18H22N2O4S/c1-11-5-4-6-13(12(11)2)19-15(21)9-24-17(23)14-10-25-18(3)8-7-16(22)20(14)18/h4-6,14H,7-10H2,1-3H3,(H,19,21)/t14-,18+/m1/s1. The van der Waals surface area contributed by atoms with E-state index >= 15 is 0 Å². The molecule has 0 aliphatic carbocycles. The van der Waals surface area contributed by atoms with Crippen molar-refractivity contribution in [1.82, 2.24) is 4.90 Å². The Hall–Kier alpha value is -2.02. The normalized spacial score (nSPS) is 25.0. The van der Waals surface area contributed by atoms with Crippen LogP contribution in [0, 0.1) is 13.8 Å². The van der Waals surface area contributed by atoms with Crippen LogP contribution in [0.3, 0.4) is 0 Å². The van der Waals surface area contributed by atoms with Gasteiger partial charge in [-0.15, -0.1) is 11.8 Å². The number of hydrogen-bond donors (Lipinski definition) is 1. The van der Waals surface area contributed by atoms with Crippen LogP contribution in [0.4, 0.5) is 5.69 Å². The lowest BCUT2D eigenvalue weighted by molar-refractivity contribution is -0.155. The van der Waals surface area contributed by atoms with E-state index in [4.69, 9.17) is 4.74 Å². The molecule has 134 valence electrons. The van der Waals surface area contributed by atoms with Gasteiger partial charge in [-0.3, -0.25) is 9.59 Å². The van der Waals surface area contributed by atoms with Gasteiger partial charge < -0.3 is 15.0 Å². The minimum atomic E-state index is -0.599. The molecule has 2 heterocycles. The summed E-state index contributed by atoms with van der Waals surface area (Å²) in [5.74, 6) is -0.403. The molecular formula is C18H22N2O4S. The van der Waals surface area contributed by atoms with Gasteiger partial charge in [0.2, 0.25) is 5.91 Å². The number of esters is 1. The monoisotopic (exact) mass is 362 g/mol. The zero-order valence-electron chi connectivity index (χ0n) is 14.6. The minimum absolute atomic E-state index is 0.0192. The van der Waals surface area contributed by atoms with Crippen LogP contribution in [0.2, 0.25) is 0 Å². The van der Waals surface area contributed by atoms with E-state index in [1.54, 1.807) is 16.7 Å². The third-order valence-electron chi connectivity index (χ3n) is 4.94. The molecule has 2 atom stereocenters. The highest BCUT2D eigenvalue weighted by Crippen LogP contribution is 2.47. The molecule has 1 N–H and O–H groups in total. The quantitative estimate of drug-likeness (QED) is 0.832. The van der Waals surface area contributed by atoms with Gasteiger partial charge >= 0.3 is 5.97 Å². The summed E-state index contributed by atoms with van der Waals surface area (Å²) in [6.07, 6.45) is 1.20. The highest BCUT2D eigenvalue weighted by molar-refractivity contribution is 8.01. The molecule has 0 radical (unpaired) electrons. The highest BCUT2D eigenvalue weighted by Gasteiger charge is 2.53. The lowest BCUT2D eigenvalue weighted by atomic mass is 10.1. The maximum Gasteiger partial charge on any atom is 0.330 e. The Morgan fingerprint density at radius 2 is 2.16 bits per heavy atom. The topological polar surface area (TPSA) is 75.7 Å². The molecule has 1 aromatic rings. The molecule has 0 unspecified atom stereocenters. The van der Waals surface area contributed by atoms with Crippen molar-refractivity contribution in [2.24, 2.45) is 0 Å². The Morgan fingerprint density at radius 1 is 1.40 bits per heavy atom. The maximum atomic E-state index is 12.3. The number of rotatable bonds is 4. The summed E-state index contributed by atoms with van der Waals surface area (Å²) in [4.78, 5) is 37.8. The Kier molecular flexibility index (Phi) is 4.77. The van der Waals surface area contributed by atoms with E-state index in [0.29, 0.717) is 17.9 Å². The lowest BCUT2D eigenvalue weighted by Crippen LogP contribution is -2.47. The van der Waals surface area contributed by atoms with E-state index in [2.05, 4.69) is 5.32 Å². The Morgan fingerprint density at radius 3 is 2.92 bits per heavy atom. The number of aryl methyl sites for hydroxylation is 1. The molecule has 2 aliphatic heterocycles. The number of nitrogens with one attached hydrogen (secondary N) is 1. The van der Waals surface area contributed by atoms with Crippen molar-refractivity contribution in [3.63, 3.8) is 0 Å². The highest BCUT2D eigenvalue weighted by atomic mass is 32.2. The second-order valence-corrected chi connectivity index (χ2v) is 8.17. The van der Waals surface area contributed by atoms with Crippen LogP contribution >= 0.6 is 11.8 Å². The third-order valence-corrected chi connectivity index (χ3v) is 6.45. The number of fused-ring (bicyclic) bond motifs is 1. The van der Waals surface area contributed by atoms with Crippen molar-refractivity contribution >= 4 is 35.2 Å². The number of anilines is 1. The molecule has 0 spiro atoms. The van der Waals surface area contributed by atoms with Gasteiger partial charge in [-0.1, -0.05) is 12.1 Å². The fraction of sp³-hybridized carbons (Fsp3) is 0.500. The van der Waals surface area contributed by atoms with Crippen molar-refractivity contribution < 1.29 is 19.1 Å². The van der Waals surface area contributed by atoms with Crippen LogP contribution in [0.1, 0.15) is 30.9 Å². The lowest BCUT2D eigenvalue weighted by Gasteiger charge is -2.29. The van der Waals surface area contributed by atoms with Gasteiger partial charge in [0.15, 0.2) is 6.61 Å². The molecule has 2 fully saturated rings. The van der Waals surface area contributed by atoms with E-state index in [-0.39, 0.29) is 23.3 Å². The van der Waals surface area contributed by atoms with Gasteiger partial charge in [-0.25, -0.2) is 4.79 Å². The summed E-state index contributed by atoms with van der Waals surface area (Å²) in [6.45, 7) is 5.51. The van der Waals surface area contributed by atoms with E-state index in [0.717, 1.165) is 17.5 Å². The molecule has 6 nitrogen and oxygen atoms in total. The minimum Gasteiger partial charge on any atom is -0.454 e. The molecule has 25 heavy (non-hydrogen) atoms. The van der Waals surface area contributed by atoms with E-state index in [1.807, 2.05) is 39.0 Å². The van der Waals surface area contributed by atoms with Crippen LogP contribution < -0.4 is 5.32 Å². The van der Waals surface area contributed by atoms with Crippen molar-refractivity contribution in [2.75, 3.05) is 17.7 Å². The number of carbonyl (C=O) groups excluding carboxylic acids is 3. The first-order chi connectivity index (χ1) is 11.8. The fourth-order valence-corrected chi connectivity index (χ4v) is 4.72. The number of nitrogens with zero attached hydrogens (tertiary/aromatic N) is 1. The number of amides is 2. The molecule has 7 heteroatoms. The smallest absolute Gasteiger partial charge is 0.330 e. The molecule has 3 rings (SSSR count). The SMILES string of the molecule is Cc1cccc(NC(=O)COC(=O)[C@H]2CS[C@@]3(C)CCC(=O)N23)c1C. The number of thioether (sulfide) groups is 1. The molecule has 2 saturated heterocycles. The largest absolute Gasteiger partial charge is 0.454 e. The first-order valence-corrected chi connectivity index (χ1v) is 9.29. The van der Waals surface area contributed by atoms with Crippen LogP contribution in [0.5, 0.6) is 0 Å². The summed E-state index contributed by atoms with van der Waals surface area (Å²) in [5, 5.41) is 2.76. The number of benzene rings is 1. The number of hydrogen-bond acceptors (Lipinski definition) is 5. The summed E-state index contributed by atoms with van der Waals surface area (Å²) < 4.78 is 5.17. The molecule has 2 amide bonds. The van der Waals surface area contributed by atoms with Crippen LogP contribution in [0.25, 0.3) is 0 Å². The van der Waals surface area contributed by atoms with Crippen LogP contribution in [0.15, 0.2) is 18.2 Å². The Labute approximate surface area is 151 Å². The molecule has 0 bridgehead atoms. The maximum absolute atomic E-state index is 12.3. The van der Waals surface area contributed by atoms with Crippen molar-refractivity contribution in [3.05, 3.63) is 29.3 Å². The van der Waals surface area contributed by atoms with Crippen LogP contribution in [-0.4, -0.2) is 46.0 Å². The Bertz CT molecular complexity index is 736. The zero-order chi connectivity index (χ0) is 18.2. The van der Waals surface area contributed by atoms with E-state index in [9.17, 15) is 14.4 Å². The van der Waals surface area contributed by atoms with Crippen molar-refractivity contribution in [1.29, 1.82) is 0 Å². The van der Waals surface area contributed by atoms with Gasteiger partial charge in [0.25, 0.3) is 5.91 Å². The summed E-state index contributed by atoms with van der Waals surface area (Å²) in [5.41, 5.74) is 2.76. The molecule has 2 aliphatic rings. The van der Waals surface area contributed by atoms with Crippen molar-refractivity contribution in [3.8, 4) is 0 Å². The number of ether oxygens (including phenoxy) is 1.